The zero-order chi connectivity index (χ0) is 59.6. The SMILES string of the molecule is CN(C)Cc1ccn2c(-c3ccnc(NCCOCCOCc4cn(CCOCCOCCNC(=O)CC[C@H](NC(=O)c5ccc(N(C)Cc6cnc7nc(N)nc(N)c7n6)cc5)C(=O)OC(C)(C)C)nn4)n3)c(-c3ccc(F)cc3)nc2c1. The highest BCUT2D eigenvalue weighted by molar-refractivity contribution is 5.97. The first kappa shape index (κ1) is 61.2. The van der Waals surface area contributed by atoms with Crippen molar-refractivity contribution >= 4 is 58.0 Å². The third-order valence-electron chi connectivity index (χ3n) is 12.5. The molecule has 0 aliphatic rings. The van der Waals surface area contributed by atoms with E-state index in [2.05, 4.69) is 62.1 Å². The molecule has 0 saturated heterocycles. The number of benzene rings is 2. The minimum absolute atomic E-state index is 0.0105. The van der Waals surface area contributed by atoms with Gasteiger partial charge in [0, 0.05) is 62.3 Å². The van der Waals surface area contributed by atoms with Crippen LogP contribution in [0.5, 0.6) is 0 Å². The fourth-order valence-electron chi connectivity index (χ4n) is 8.56. The number of nitrogens with zero attached hydrogens (tertiary/aromatic N) is 13. The quantitative estimate of drug-likeness (QED) is 0.0295. The number of amides is 2. The third-order valence-corrected chi connectivity index (χ3v) is 12.5. The number of anilines is 4. The van der Waals surface area contributed by atoms with Crippen LogP contribution in [0.4, 0.5) is 27.8 Å². The summed E-state index contributed by atoms with van der Waals surface area (Å²) in [6.07, 6.45) is 7.00. The maximum absolute atomic E-state index is 13.9. The Morgan fingerprint density at radius 3 is 2.27 bits per heavy atom. The van der Waals surface area contributed by atoms with Crippen LogP contribution in [0, 0.1) is 5.82 Å². The van der Waals surface area contributed by atoms with Crippen LogP contribution in [0.1, 0.15) is 60.9 Å². The molecule has 8 aromatic rings. The second-order valence-electron chi connectivity index (χ2n) is 20.7. The smallest absolute Gasteiger partial charge is 0.329 e. The topological polar surface area (TPSA) is 317 Å². The van der Waals surface area contributed by atoms with Crippen LogP contribution in [0.15, 0.2) is 91.5 Å². The number of nitrogens with one attached hydrogen (secondary N) is 3. The molecule has 7 N–H and O–H groups in total. The Kier molecular flexibility index (Phi) is 21.4. The summed E-state index contributed by atoms with van der Waals surface area (Å²) in [4.78, 5) is 74.4. The number of imidazole rings is 1. The van der Waals surface area contributed by atoms with Gasteiger partial charge in [-0.2, -0.15) is 9.97 Å². The third kappa shape index (κ3) is 18.1. The molecule has 1 atom stereocenters. The number of carbonyl (C=O) groups is 3. The van der Waals surface area contributed by atoms with Gasteiger partial charge in [0.05, 0.1) is 101 Å². The molecule has 0 aliphatic heterocycles. The molecule has 27 heteroatoms. The number of nitrogens with two attached hydrogens (primary N) is 2. The van der Waals surface area contributed by atoms with Gasteiger partial charge in [0.15, 0.2) is 17.0 Å². The van der Waals surface area contributed by atoms with E-state index < -0.39 is 23.5 Å². The normalized spacial score (nSPS) is 12.0. The van der Waals surface area contributed by atoms with Crippen LogP contribution in [0.25, 0.3) is 39.5 Å². The number of hydrogen-bond acceptors (Lipinski definition) is 22. The van der Waals surface area contributed by atoms with E-state index in [1.165, 1.54) is 12.1 Å². The number of ether oxygens (including phenoxy) is 5. The highest BCUT2D eigenvalue weighted by Crippen LogP contribution is 2.33. The fraction of sp³-hybridized carbons (Fsp3) is 0.404. The number of aromatic nitrogens is 11. The second kappa shape index (κ2) is 29.4. The van der Waals surface area contributed by atoms with E-state index in [1.807, 2.05) is 48.8 Å². The van der Waals surface area contributed by atoms with Crippen molar-refractivity contribution < 1.29 is 42.5 Å². The van der Waals surface area contributed by atoms with E-state index in [0.717, 1.165) is 34.7 Å². The summed E-state index contributed by atoms with van der Waals surface area (Å²) in [7, 11) is 5.89. The lowest BCUT2D eigenvalue weighted by atomic mass is 10.1. The van der Waals surface area contributed by atoms with Crippen molar-refractivity contribution in [2.24, 2.45) is 0 Å². The first-order valence-electron chi connectivity index (χ1n) is 27.3. The van der Waals surface area contributed by atoms with Crippen LogP contribution in [-0.4, -0.2) is 169 Å². The monoisotopic (exact) mass is 1150 g/mol. The minimum atomic E-state index is -1.08. The van der Waals surface area contributed by atoms with Crippen molar-refractivity contribution in [3.63, 3.8) is 0 Å². The highest BCUT2D eigenvalue weighted by atomic mass is 19.1. The minimum Gasteiger partial charge on any atom is -0.458 e. The van der Waals surface area contributed by atoms with E-state index in [-0.39, 0.29) is 56.1 Å². The average Bonchev–Trinajstić information content (AvgIpc) is 2.07. The zero-order valence-electron chi connectivity index (χ0n) is 48.0. The van der Waals surface area contributed by atoms with Crippen molar-refractivity contribution in [1.29, 1.82) is 0 Å². The number of hydrogen-bond donors (Lipinski definition) is 5. The van der Waals surface area contributed by atoms with Crippen LogP contribution in [0.2, 0.25) is 0 Å². The Morgan fingerprint density at radius 2 is 1.52 bits per heavy atom. The van der Waals surface area contributed by atoms with Gasteiger partial charge in [-0.15, -0.1) is 5.10 Å². The van der Waals surface area contributed by atoms with E-state index in [4.69, 9.17) is 45.1 Å². The van der Waals surface area contributed by atoms with Gasteiger partial charge in [-0.3, -0.25) is 14.0 Å². The van der Waals surface area contributed by atoms with E-state index in [9.17, 15) is 18.8 Å². The van der Waals surface area contributed by atoms with Gasteiger partial charge < -0.3 is 60.9 Å². The fourth-order valence-corrected chi connectivity index (χ4v) is 8.56. The van der Waals surface area contributed by atoms with E-state index in [0.29, 0.717) is 105 Å². The van der Waals surface area contributed by atoms with Gasteiger partial charge >= 0.3 is 5.97 Å². The highest BCUT2D eigenvalue weighted by Gasteiger charge is 2.28. The summed E-state index contributed by atoms with van der Waals surface area (Å²) in [6, 6.07) is 17.9. The zero-order valence-corrected chi connectivity index (χ0v) is 48.0. The molecule has 0 radical (unpaired) electrons. The second-order valence-corrected chi connectivity index (χ2v) is 20.7. The lowest BCUT2D eigenvalue weighted by molar-refractivity contribution is -0.157. The largest absolute Gasteiger partial charge is 0.458 e. The van der Waals surface area contributed by atoms with Gasteiger partial charge in [-0.1, -0.05) is 5.21 Å². The van der Waals surface area contributed by atoms with Gasteiger partial charge in [-0.25, -0.2) is 38.8 Å². The maximum Gasteiger partial charge on any atom is 0.329 e. The molecule has 26 nitrogen and oxygen atoms in total. The molecular formula is C57H71FN18O8. The summed E-state index contributed by atoms with van der Waals surface area (Å²) in [5.74, 6) is -1.23. The number of carbonyl (C=O) groups excluding carboxylic acids is 3. The summed E-state index contributed by atoms with van der Waals surface area (Å²) in [5, 5.41) is 17.1. The van der Waals surface area contributed by atoms with Crippen molar-refractivity contribution in [2.45, 2.75) is 71.5 Å². The molecule has 0 unspecified atom stereocenters. The molecule has 0 saturated carbocycles. The summed E-state index contributed by atoms with van der Waals surface area (Å²) >= 11 is 0. The molecule has 0 bridgehead atoms. The summed E-state index contributed by atoms with van der Waals surface area (Å²) in [6.45, 7) is 10.1. The Morgan fingerprint density at radius 1 is 0.786 bits per heavy atom. The van der Waals surface area contributed by atoms with Crippen molar-refractivity contribution in [3.8, 4) is 22.6 Å². The van der Waals surface area contributed by atoms with E-state index >= 15 is 0 Å². The van der Waals surface area contributed by atoms with Gasteiger partial charge in [0.2, 0.25) is 17.8 Å². The van der Waals surface area contributed by atoms with Crippen LogP contribution >= 0.6 is 0 Å². The number of halogens is 1. The number of pyridine rings is 1. The average molecular weight is 1160 g/mol. The summed E-state index contributed by atoms with van der Waals surface area (Å²) in [5.41, 5.74) is 18.6. The van der Waals surface area contributed by atoms with Crippen LogP contribution < -0.4 is 32.3 Å². The molecule has 6 heterocycles. The number of rotatable bonds is 31. The summed E-state index contributed by atoms with van der Waals surface area (Å²) < 4.78 is 46.0. The first-order valence-corrected chi connectivity index (χ1v) is 27.3. The molecule has 0 aliphatic carbocycles. The molecule has 6 aromatic heterocycles. The van der Waals surface area contributed by atoms with Gasteiger partial charge in [-0.05, 0) is 114 Å². The predicted molar refractivity (Wildman–Crippen MR) is 311 cm³/mol. The molecular weight excluding hydrogens is 1080 g/mol. The maximum atomic E-state index is 13.9. The molecule has 8 rings (SSSR count). The molecule has 444 valence electrons. The molecule has 2 aromatic carbocycles. The Balaban J connectivity index is 0.665. The lowest BCUT2D eigenvalue weighted by Crippen LogP contribution is -2.45. The molecule has 0 spiro atoms. The molecule has 2 amide bonds. The van der Waals surface area contributed by atoms with Crippen molar-refractivity contribution in [1.82, 2.24) is 69.8 Å². The standard InChI is InChI=1S/C57H71FN18O8/c1-57(2,3)84-54(79)45(66-53(78)39-9-13-43(14-10-39)74(6)34-41-32-64-52-49(65-41)51(59)69-55(60)70-52)15-16-47(77)61-20-24-80-27-28-82-26-23-75-35-42(71-72-75)36-83-30-29-81-25-21-63-56-62-19-17-44(67-56)50-48(38-7-11-40(58)12-8-38)68-46-31-37(33-73(4)5)18-22-76(46)50/h7-14,17-19,22,31-32,35,45H,15-16,20-21,23-30,33-34,36H2,1-6H3,(H,61,77)(H,66,78)(H,62,63,67)(H4,59,60,64,69,70)/t45-/m0/s1. The van der Waals surface area contributed by atoms with Crippen LogP contribution in [0.3, 0.4) is 0 Å². The predicted octanol–water partition coefficient (Wildman–Crippen LogP) is 4.50. The molecule has 84 heavy (non-hydrogen) atoms. The number of fused-ring (bicyclic) bond motifs is 2. The van der Waals surface area contributed by atoms with Crippen molar-refractivity contribution in [3.05, 3.63) is 120 Å². The van der Waals surface area contributed by atoms with Crippen LogP contribution in [-0.2, 0) is 59.5 Å². The lowest BCUT2D eigenvalue weighted by Gasteiger charge is -2.24. The Bertz CT molecular complexity index is 3470. The first-order chi connectivity index (χ1) is 40.4. The van der Waals surface area contributed by atoms with E-state index in [1.54, 1.807) is 80.4 Å². The van der Waals surface area contributed by atoms with Gasteiger partial charge in [0.25, 0.3) is 5.91 Å². The van der Waals surface area contributed by atoms with Gasteiger partial charge in [0.1, 0.15) is 28.8 Å². The molecule has 0 fully saturated rings. The Hall–Kier alpha value is -8.89. The number of nitrogen functional groups attached to an aromatic ring is 2. The number of esters is 1. The van der Waals surface area contributed by atoms with Crippen molar-refractivity contribution in [2.75, 3.05) is 102 Å². The Labute approximate surface area is 484 Å².